The summed E-state index contributed by atoms with van der Waals surface area (Å²) in [6, 6.07) is 9.63. The number of aryl methyl sites for hydroxylation is 2. The first kappa shape index (κ1) is 18.5. The minimum absolute atomic E-state index is 0.000491. The van der Waals surface area contributed by atoms with Gasteiger partial charge in [0, 0.05) is 19.6 Å². The van der Waals surface area contributed by atoms with Gasteiger partial charge in [0.15, 0.2) is 6.61 Å². The Morgan fingerprint density at radius 1 is 1.23 bits per heavy atom. The first-order chi connectivity index (χ1) is 12.6. The van der Waals surface area contributed by atoms with Crippen molar-refractivity contribution in [1.29, 1.82) is 0 Å². The first-order valence-corrected chi connectivity index (χ1v) is 8.95. The highest BCUT2D eigenvalue weighted by Crippen LogP contribution is 2.21. The molecule has 3 rings (SSSR count). The van der Waals surface area contributed by atoms with E-state index < -0.39 is 0 Å². The Labute approximate surface area is 154 Å². The summed E-state index contributed by atoms with van der Waals surface area (Å²) in [5.74, 6) is 1.41. The van der Waals surface area contributed by atoms with E-state index in [4.69, 9.17) is 13.9 Å². The number of furan rings is 1. The van der Waals surface area contributed by atoms with Gasteiger partial charge in [-0.1, -0.05) is 6.07 Å². The molecule has 26 heavy (non-hydrogen) atoms. The minimum Gasteiger partial charge on any atom is -0.484 e. The number of morpholine rings is 1. The molecule has 0 bridgehead atoms. The highest BCUT2D eigenvalue weighted by atomic mass is 16.5. The van der Waals surface area contributed by atoms with Crippen LogP contribution in [0.5, 0.6) is 5.75 Å². The standard InChI is InChI=1S/C20H26N2O4/c1-15-5-6-17(12-16(15)2)26-14-20(23)21-13-18(19-4-3-9-25-19)22-7-10-24-11-8-22/h3-6,9,12,18H,7-8,10-11,13-14H2,1-2H3,(H,21,23)/t18-/m0/s1. The van der Waals surface area contributed by atoms with E-state index in [0.717, 1.165) is 24.4 Å². The molecule has 1 N–H and O–H groups in total. The largest absolute Gasteiger partial charge is 0.484 e. The van der Waals surface area contributed by atoms with Crippen LogP contribution in [-0.2, 0) is 9.53 Å². The second-order valence-corrected chi connectivity index (χ2v) is 6.52. The second-order valence-electron chi connectivity index (χ2n) is 6.52. The van der Waals surface area contributed by atoms with Crippen molar-refractivity contribution in [3.05, 3.63) is 53.5 Å². The normalized spacial score (nSPS) is 16.2. The predicted molar refractivity (Wildman–Crippen MR) is 98.3 cm³/mol. The molecular weight excluding hydrogens is 332 g/mol. The molecule has 1 amide bonds. The number of nitrogens with one attached hydrogen (secondary N) is 1. The van der Waals surface area contributed by atoms with Gasteiger partial charge in [-0.25, -0.2) is 0 Å². The van der Waals surface area contributed by atoms with Crippen molar-refractivity contribution in [2.75, 3.05) is 39.5 Å². The molecule has 6 heteroatoms. The molecule has 0 spiro atoms. The van der Waals surface area contributed by atoms with Crippen LogP contribution < -0.4 is 10.1 Å². The van der Waals surface area contributed by atoms with Crippen molar-refractivity contribution in [2.24, 2.45) is 0 Å². The third-order valence-corrected chi connectivity index (χ3v) is 4.70. The summed E-state index contributed by atoms with van der Waals surface area (Å²) in [7, 11) is 0. The molecule has 1 fully saturated rings. The van der Waals surface area contributed by atoms with Crippen molar-refractivity contribution in [1.82, 2.24) is 10.2 Å². The molecule has 0 aliphatic carbocycles. The Balaban J connectivity index is 1.52. The fraction of sp³-hybridized carbons (Fsp3) is 0.450. The van der Waals surface area contributed by atoms with Crippen LogP contribution in [0, 0.1) is 13.8 Å². The van der Waals surface area contributed by atoms with E-state index in [-0.39, 0.29) is 18.6 Å². The number of ether oxygens (including phenoxy) is 2. The molecule has 1 aliphatic heterocycles. The van der Waals surface area contributed by atoms with Gasteiger partial charge in [-0.2, -0.15) is 0 Å². The van der Waals surface area contributed by atoms with Gasteiger partial charge in [0.1, 0.15) is 11.5 Å². The third-order valence-electron chi connectivity index (χ3n) is 4.70. The highest BCUT2D eigenvalue weighted by molar-refractivity contribution is 5.77. The van der Waals surface area contributed by atoms with Crippen molar-refractivity contribution < 1.29 is 18.7 Å². The number of benzene rings is 1. The summed E-state index contributed by atoms with van der Waals surface area (Å²) >= 11 is 0. The lowest BCUT2D eigenvalue weighted by Crippen LogP contribution is -2.44. The van der Waals surface area contributed by atoms with Crippen molar-refractivity contribution in [3.8, 4) is 5.75 Å². The van der Waals surface area contributed by atoms with Gasteiger partial charge < -0.3 is 19.2 Å². The van der Waals surface area contributed by atoms with E-state index in [1.807, 2.05) is 44.2 Å². The van der Waals surface area contributed by atoms with Gasteiger partial charge >= 0.3 is 0 Å². The van der Waals surface area contributed by atoms with Crippen LogP contribution in [0.2, 0.25) is 0 Å². The molecule has 2 heterocycles. The SMILES string of the molecule is Cc1ccc(OCC(=O)NC[C@@H](c2ccco2)N2CCOCC2)cc1C. The van der Waals surface area contributed by atoms with E-state index in [1.54, 1.807) is 6.26 Å². The third kappa shape index (κ3) is 4.86. The minimum atomic E-state index is -0.145. The maximum Gasteiger partial charge on any atom is 0.258 e. The smallest absolute Gasteiger partial charge is 0.258 e. The van der Waals surface area contributed by atoms with Gasteiger partial charge in [-0.15, -0.1) is 0 Å². The van der Waals surface area contributed by atoms with Crippen molar-refractivity contribution in [2.45, 2.75) is 19.9 Å². The zero-order chi connectivity index (χ0) is 18.4. The van der Waals surface area contributed by atoms with Gasteiger partial charge in [0.2, 0.25) is 0 Å². The quantitative estimate of drug-likeness (QED) is 0.824. The molecule has 6 nitrogen and oxygen atoms in total. The Hall–Kier alpha value is -2.31. The number of nitrogens with zero attached hydrogens (tertiary/aromatic N) is 1. The lowest BCUT2D eigenvalue weighted by atomic mass is 10.1. The zero-order valence-corrected chi connectivity index (χ0v) is 15.4. The van der Waals surface area contributed by atoms with Gasteiger partial charge in [0.05, 0.1) is 25.5 Å². The fourth-order valence-electron chi connectivity index (χ4n) is 2.99. The predicted octanol–water partition coefficient (Wildman–Crippen LogP) is 2.46. The summed E-state index contributed by atoms with van der Waals surface area (Å²) in [5.41, 5.74) is 2.35. The van der Waals surface area contributed by atoms with E-state index >= 15 is 0 Å². The van der Waals surface area contributed by atoms with Crippen molar-refractivity contribution >= 4 is 5.91 Å². The molecular formula is C20H26N2O4. The topological polar surface area (TPSA) is 63.9 Å². The van der Waals surface area contributed by atoms with Gasteiger partial charge in [-0.3, -0.25) is 9.69 Å². The zero-order valence-electron chi connectivity index (χ0n) is 15.4. The molecule has 1 atom stereocenters. The fourth-order valence-corrected chi connectivity index (χ4v) is 2.99. The molecule has 1 saturated heterocycles. The van der Waals surface area contributed by atoms with Crippen LogP contribution in [0.3, 0.4) is 0 Å². The van der Waals surface area contributed by atoms with Crippen LogP contribution in [0.25, 0.3) is 0 Å². The van der Waals surface area contributed by atoms with Crippen LogP contribution in [-0.4, -0.2) is 50.3 Å². The molecule has 1 aromatic heterocycles. The van der Waals surface area contributed by atoms with Crippen LogP contribution in [0.1, 0.15) is 22.9 Å². The van der Waals surface area contributed by atoms with E-state index in [9.17, 15) is 4.79 Å². The number of carbonyl (C=O) groups is 1. The monoisotopic (exact) mass is 358 g/mol. The van der Waals surface area contributed by atoms with Gasteiger partial charge in [0.25, 0.3) is 5.91 Å². The van der Waals surface area contributed by atoms with E-state index in [2.05, 4.69) is 10.2 Å². The maximum atomic E-state index is 12.2. The Morgan fingerprint density at radius 2 is 2.04 bits per heavy atom. The summed E-state index contributed by atoms with van der Waals surface area (Å²) in [5, 5.41) is 2.96. The summed E-state index contributed by atoms with van der Waals surface area (Å²) in [6.45, 7) is 7.58. The molecule has 0 radical (unpaired) electrons. The lowest BCUT2D eigenvalue weighted by molar-refractivity contribution is -0.123. The molecule has 0 unspecified atom stereocenters. The Morgan fingerprint density at radius 3 is 2.73 bits per heavy atom. The maximum absolute atomic E-state index is 12.2. The number of hydrogen-bond acceptors (Lipinski definition) is 5. The van der Waals surface area contributed by atoms with E-state index in [0.29, 0.717) is 25.5 Å². The van der Waals surface area contributed by atoms with Crippen LogP contribution in [0.15, 0.2) is 41.0 Å². The number of carbonyl (C=O) groups excluding carboxylic acids is 1. The Kier molecular flexibility index (Phi) is 6.30. The summed E-state index contributed by atoms with van der Waals surface area (Å²) < 4.78 is 16.6. The second kappa shape index (κ2) is 8.87. The van der Waals surface area contributed by atoms with Gasteiger partial charge in [-0.05, 0) is 49.2 Å². The summed E-state index contributed by atoms with van der Waals surface area (Å²) in [4.78, 5) is 14.5. The van der Waals surface area contributed by atoms with Crippen LogP contribution in [0.4, 0.5) is 0 Å². The number of hydrogen-bond donors (Lipinski definition) is 1. The lowest BCUT2D eigenvalue weighted by Gasteiger charge is -2.33. The molecule has 2 aromatic rings. The summed E-state index contributed by atoms with van der Waals surface area (Å²) in [6.07, 6.45) is 1.66. The number of rotatable bonds is 7. The Bertz CT molecular complexity index is 709. The molecule has 1 aromatic carbocycles. The molecule has 140 valence electrons. The van der Waals surface area contributed by atoms with E-state index in [1.165, 1.54) is 5.56 Å². The average Bonchev–Trinajstić information content (AvgIpc) is 3.18. The highest BCUT2D eigenvalue weighted by Gasteiger charge is 2.25. The number of amides is 1. The van der Waals surface area contributed by atoms with Crippen LogP contribution >= 0.6 is 0 Å². The average molecular weight is 358 g/mol. The molecule has 1 aliphatic rings. The first-order valence-electron chi connectivity index (χ1n) is 8.95. The molecule has 0 saturated carbocycles. The van der Waals surface area contributed by atoms with Crippen molar-refractivity contribution in [3.63, 3.8) is 0 Å².